The van der Waals surface area contributed by atoms with Crippen molar-refractivity contribution in [1.29, 1.82) is 0 Å². The van der Waals surface area contributed by atoms with E-state index in [1.54, 1.807) is 11.3 Å². The van der Waals surface area contributed by atoms with E-state index in [0.29, 0.717) is 0 Å². The van der Waals surface area contributed by atoms with Gasteiger partial charge in [-0.15, -0.1) is 11.3 Å². The number of thiocarbonyl (C=S) groups is 1. The molecule has 0 saturated carbocycles. The molecular weight excluding hydrogens is 382 g/mol. The van der Waals surface area contributed by atoms with Crippen LogP contribution in [-0.2, 0) is 6.54 Å². The molecule has 0 unspecified atom stereocenters. The van der Waals surface area contributed by atoms with Gasteiger partial charge in [-0.05, 0) is 99.0 Å². The first-order valence-corrected chi connectivity index (χ1v) is 11.7. The van der Waals surface area contributed by atoms with E-state index in [2.05, 4.69) is 71.6 Å². The molecule has 2 heterocycles. The molecular formula is C23H33N3S2. The number of thiophene rings is 1. The third-order valence-corrected chi connectivity index (χ3v) is 6.55. The summed E-state index contributed by atoms with van der Waals surface area (Å²) in [5.41, 5.74) is 3.60. The van der Waals surface area contributed by atoms with Gasteiger partial charge in [-0.3, -0.25) is 0 Å². The lowest BCUT2D eigenvalue weighted by molar-refractivity contribution is 0.177. The van der Waals surface area contributed by atoms with Gasteiger partial charge in [-0.1, -0.05) is 19.1 Å². The van der Waals surface area contributed by atoms with E-state index < -0.39 is 0 Å². The highest BCUT2D eigenvalue weighted by molar-refractivity contribution is 7.80. The molecule has 2 aromatic rings. The van der Waals surface area contributed by atoms with Gasteiger partial charge in [-0.2, -0.15) is 0 Å². The number of aryl methyl sites for hydroxylation is 2. The number of benzene rings is 1. The van der Waals surface area contributed by atoms with Crippen LogP contribution in [0.15, 0.2) is 35.7 Å². The second kappa shape index (κ2) is 10.4. The SMILES string of the molecule is Cc1cc(C)cc(NC(=S)N(CCCN2CCC[C@H](C)C2)Cc2cccs2)c1. The van der Waals surface area contributed by atoms with Gasteiger partial charge in [0, 0.05) is 23.7 Å². The van der Waals surface area contributed by atoms with Crippen molar-refractivity contribution in [2.75, 3.05) is 31.5 Å². The fourth-order valence-corrected chi connectivity index (χ4v) is 5.06. The molecule has 1 aromatic carbocycles. The number of nitrogens with zero attached hydrogens (tertiary/aromatic N) is 2. The van der Waals surface area contributed by atoms with Crippen molar-refractivity contribution in [3.8, 4) is 0 Å². The highest BCUT2D eigenvalue weighted by Crippen LogP contribution is 2.18. The second-order valence-electron chi connectivity index (χ2n) is 8.21. The Bertz CT molecular complexity index is 737. The normalized spacial score (nSPS) is 17.5. The molecule has 0 radical (unpaired) electrons. The average molecular weight is 416 g/mol. The van der Waals surface area contributed by atoms with E-state index in [4.69, 9.17) is 12.2 Å². The highest BCUT2D eigenvalue weighted by atomic mass is 32.1. The van der Waals surface area contributed by atoms with Crippen LogP contribution in [0, 0.1) is 19.8 Å². The fraction of sp³-hybridized carbons (Fsp3) is 0.522. The summed E-state index contributed by atoms with van der Waals surface area (Å²) in [5, 5.41) is 6.45. The summed E-state index contributed by atoms with van der Waals surface area (Å²) < 4.78 is 0. The minimum atomic E-state index is 0.824. The van der Waals surface area contributed by atoms with Gasteiger partial charge in [0.1, 0.15) is 0 Å². The van der Waals surface area contributed by atoms with Gasteiger partial charge >= 0.3 is 0 Å². The van der Waals surface area contributed by atoms with E-state index in [-0.39, 0.29) is 0 Å². The summed E-state index contributed by atoms with van der Waals surface area (Å²) in [4.78, 5) is 6.31. The predicted octanol–water partition coefficient (Wildman–Crippen LogP) is 5.69. The quantitative estimate of drug-likeness (QED) is 0.586. The van der Waals surface area contributed by atoms with Crippen LogP contribution in [0.2, 0.25) is 0 Å². The maximum Gasteiger partial charge on any atom is 0.173 e. The highest BCUT2D eigenvalue weighted by Gasteiger charge is 2.17. The number of anilines is 1. The Morgan fingerprint density at radius 2 is 2.07 bits per heavy atom. The van der Waals surface area contributed by atoms with Crippen LogP contribution < -0.4 is 5.32 Å². The number of nitrogens with one attached hydrogen (secondary N) is 1. The number of hydrogen-bond acceptors (Lipinski definition) is 3. The van der Waals surface area contributed by atoms with Crippen molar-refractivity contribution >= 4 is 34.4 Å². The standard InChI is InChI=1S/C23H33N3S2/c1-18-7-4-9-25(16-18)10-6-11-26(17-22-8-5-12-28-22)23(27)24-21-14-19(2)13-20(3)15-21/h5,8,12-15,18H,4,6-7,9-11,16-17H2,1-3H3,(H,24,27)/t18-/m0/s1. The largest absolute Gasteiger partial charge is 0.344 e. The predicted molar refractivity (Wildman–Crippen MR) is 126 cm³/mol. The number of piperidine rings is 1. The molecule has 1 saturated heterocycles. The maximum atomic E-state index is 5.81. The van der Waals surface area contributed by atoms with Crippen LogP contribution in [0.1, 0.15) is 42.2 Å². The third-order valence-electron chi connectivity index (χ3n) is 5.33. The maximum absolute atomic E-state index is 5.81. The number of rotatable bonds is 7. The lowest BCUT2D eigenvalue weighted by Gasteiger charge is -2.32. The molecule has 28 heavy (non-hydrogen) atoms. The first-order valence-electron chi connectivity index (χ1n) is 10.4. The Hall–Kier alpha value is -1.43. The van der Waals surface area contributed by atoms with E-state index in [9.17, 15) is 0 Å². The molecule has 0 spiro atoms. The van der Waals surface area contributed by atoms with E-state index >= 15 is 0 Å². The minimum absolute atomic E-state index is 0.824. The zero-order valence-electron chi connectivity index (χ0n) is 17.4. The van der Waals surface area contributed by atoms with Crippen LogP contribution in [0.4, 0.5) is 5.69 Å². The van der Waals surface area contributed by atoms with Crippen LogP contribution in [-0.4, -0.2) is 41.1 Å². The van der Waals surface area contributed by atoms with Crippen molar-refractivity contribution in [2.45, 2.75) is 46.6 Å². The third kappa shape index (κ3) is 6.57. The summed E-state index contributed by atoms with van der Waals surface area (Å²) in [6, 6.07) is 10.8. The van der Waals surface area contributed by atoms with Crippen LogP contribution >= 0.6 is 23.6 Å². The average Bonchev–Trinajstić information content (AvgIpc) is 3.13. The molecule has 0 aliphatic carbocycles. The van der Waals surface area contributed by atoms with Gasteiger partial charge < -0.3 is 15.1 Å². The van der Waals surface area contributed by atoms with E-state index in [1.165, 1.54) is 41.9 Å². The van der Waals surface area contributed by atoms with Crippen LogP contribution in [0.25, 0.3) is 0 Å². The Labute approximate surface area is 179 Å². The van der Waals surface area contributed by atoms with Crippen molar-refractivity contribution in [3.05, 3.63) is 51.7 Å². The molecule has 3 nitrogen and oxygen atoms in total. The lowest BCUT2D eigenvalue weighted by atomic mass is 10.0. The Morgan fingerprint density at radius 3 is 2.75 bits per heavy atom. The molecule has 152 valence electrons. The summed E-state index contributed by atoms with van der Waals surface area (Å²) >= 11 is 7.61. The molecule has 0 bridgehead atoms. The van der Waals surface area contributed by atoms with Gasteiger partial charge in [0.25, 0.3) is 0 Å². The summed E-state index contributed by atoms with van der Waals surface area (Å²) in [5.74, 6) is 0.836. The number of likely N-dealkylation sites (tertiary alicyclic amines) is 1. The van der Waals surface area contributed by atoms with E-state index in [1.807, 2.05) is 0 Å². The Morgan fingerprint density at radius 1 is 1.29 bits per heavy atom. The molecule has 1 aromatic heterocycles. The molecule has 1 N–H and O–H groups in total. The molecule has 1 atom stereocenters. The molecule has 1 aliphatic heterocycles. The van der Waals surface area contributed by atoms with Crippen molar-refractivity contribution in [2.24, 2.45) is 5.92 Å². The molecule has 1 aliphatic rings. The summed E-state index contributed by atoms with van der Waals surface area (Å²) in [7, 11) is 0. The minimum Gasteiger partial charge on any atom is -0.344 e. The number of hydrogen-bond donors (Lipinski definition) is 1. The molecule has 3 rings (SSSR count). The Kier molecular flexibility index (Phi) is 7.89. The van der Waals surface area contributed by atoms with Gasteiger partial charge in [0.2, 0.25) is 0 Å². The van der Waals surface area contributed by atoms with Crippen molar-refractivity contribution < 1.29 is 0 Å². The molecule has 1 fully saturated rings. The summed E-state index contributed by atoms with van der Waals surface area (Å²) in [6.45, 7) is 12.2. The zero-order chi connectivity index (χ0) is 19.9. The van der Waals surface area contributed by atoms with Gasteiger partial charge in [0.05, 0.1) is 6.54 Å². The first-order chi connectivity index (χ1) is 13.5. The second-order valence-corrected chi connectivity index (χ2v) is 9.63. The first kappa shape index (κ1) is 21.3. The molecule has 0 amide bonds. The van der Waals surface area contributed by atoms with Crippen molar-refractivity contribution in [1.82, 2.24) is 9.80 Å². The molecule has 5 heteroatoms. The van der Waals surface area contributed by atoms with Crippen molar-refractivity contribution in [3.63, 3.8) is 0 Å². The van der Waals surface area contributed by atoms with Gasteiger partial charge in [-0.25, -0.2) is 0 Å². The Balaban J connectivity index is 1.59. The van der Waals surface area contributed by atoms with E-state index in [0.717, 1.165) is 42.8 Å². The van der Waals surface area contributed by atoms with Crippen LogP contribution in [0.5, 0.6) is 0 Å². The smallest absolute Gasteiger partial charge is 0.173 e. The van der Waals surface area contributed by atoms with Gasteiger partial charge in [0.15, 0.2) is 5.11 Å². The zero-order valence-corrected chi connectivity index (χ0v) is 19.0. The van der Waals surface area contributed by atoms with Crippen LogP contribution in [0.3, 0.4) is 0 Å². The fourth-order valence-electron chi connectivity index (χ4n) is 4.07. The topological polar surface area (TPSA) is 18.5 Å². The lowest BCUT2D eigenvalue weighted by Crippen LogP contribution is -2.39. The monoisotopic (exact) mass is 415 g/mol. The summed E-state index contributed by atoms with van der Waals surface area (Å²) in [6.07, 6.45) is 3.87.